The van der Waals surface area contributed by atoms with Crippen molar-refractivity contribution >= 4 is 15.9 Å². The van der Waals surface area contributed by atoms with Gasteiger partial charge in [0.05, 0.1) is 0 Å². The second kappa shape index (κ2) is 7.63. The molecule has 0 heterocycles. The summed E-state index contributed by atoms with van der Waals surface area (Å²) in [7, 11) is 0. The second-order valence-electron chi connectivity index (χ2n) is 5.32. The van der Waals surface area contributed by atoms with E-state index in [1.807, 2.05) is 19.1 Å². The summed E-state index contributed by atoms with van der Waals surface area (Å²) in [5.41, 5.74) is 2.39. The average Bonchev–Trinajstić information content (AvgIpc) is 2.26. The van der Waals surface area contributed by atoms with Crippen LogP contribution in [-0.2, 0) is 6.42 Å². The van der Waals surface area contributed by atoms with Crippen LogP contribution in [-0.4, -0.2) is 11.4 Å². The monoisotopic (exact) mass is 310 g/mol. The maximum atomic E-state index is 5.58. The van der Waals surface area contributed by atoms with Gasteiger partial charge in [0.2, 0.25) is 0 Å². The summed E-state index contributed by atoms with van der Waals surface area (Å²) in [5, 5.41) is 0. The molecule has 100 valence electrons. The number of ether oxygens (including phenoxy) is 1. The number of hydrogen-bond acceptors (Lipinski definition) is 1. The van der Waals surface area contributed by atoms with E-state index in [-0.39, 0.29) is 0 Å². The lowest BCUT2D eigenvalue weighted by Gasteiger charge is -2.13. The molecule has 0 radical (unpaired) electrons. The van der Waals surface area contributed by atoms with Crippen LogP contribution >= 0.6 is 15.9 Å². The minimum Gasteiger partial charge on any atom is -0.489 e. The van der Waals surface area contributed by atoms with Crippen molar-refractivity contribution in [2.75, 3.05) is 6.61 Å². The lowest BCUT2D eigenvalue weighted by atomic mass is 10.0. The third-order valence-electron chi connectivity index (χ3n) is 2.59. The van der Waals surface area contributed by atoms with Gasteiger partial charge < -0.3 is 4.74 Å². The molecule has 0 saturated carbocycles. The van der Waals surface area contributed by atoms with Gasteiger partial charge in [-0.05, 0) is 49.0 Å². The van der Waals surface area contributed by atoms with Crippen LogP contribution in [0.5, 0.6) is 5.75 Å². The number of halogens is 1. The maximum absolute atomic E-state index is 5.58. The number of rotatable bonds is 7. The second-order valence-corrected chi connectivity index (χ2v) is 6.62. The van der Waals surface area contributed by atoms with Gasteiger partial charge in [-0.1, -0.05) is 48.5 Å². The summed E-state index contributed by atoms with van der Waals surface area (Å²) in [6.07, 6.45) is 2.27. The molecule has 1 aromatic rings. The Morgan fingerprint density at radius 3 is 2.39 bits per heavy atom. The van der Waals surface area contributed by atoms with Crippen molar-refractivity contribution in [3.8, 4) is 5.75 Å². The quantitative estimate of drug-likeness (QED) is 0.509. The van der Waals surface area contributed by atoms with Gasteiger partial charge in [0.25, 0.3) is 0 Å². The summed E-state index contributed by atoms with van der Waals surface area (Å²) in [5.74, 6) is 1.64. The Hall–Kier alpha value is -0.760. The normalized spacial score (nSPS) is 12.5. The van der Waals surface area contributed by atoms with Crippen LogP contribution in [0.1, 0.15) is 32.8 Å². The molecule has 0 aromatic heterocycles. The third kappa shape index (κ3) is 6.25. The van der Waals surface area contributed by atoms with E-state index in [1.165, 1.54) is 12.0 Å². The molecule has 0 saturated heterocycles. The summed E-state index contributed by atoms with van der Waals surface area (Å²) in [6, 6.07) is 8.35. The fourth-order valence-corrected chi connectivity index (χ4v) is 2.90. The van der Waals surface area contributed by atoms with Crippen LogP contribution in [0, 0.1) is 5.92 Å². The Morgan fingerprint density at radius 2 is 1.89 bits per heavy atom. The molecule has 0 aliphatic rings. The molecule has 1 rings (SSSR count). The van der Waals surface area contributed by atoms with E-state index in [0.717, 1.165) is 23.7 Å². The lowest BCUT2D eigenvalue weighted by Crippen LogP contribution is -2.06. The molecular weight excluding hydrogens is 288 g/mol. The maximum Gasteiger partial charge on any atom is 0.119 e. The predicted molar refractivity (Wildman–Crippen MR) is 82.6 cm³/mol. The van der Waals surface area contributed by atoms with Gasteiger partial charge >= 0.3 is 0 Å². The van der Waals surface area contributed by atoms with Gasteiger partial charge in [-0.2, -0.15) is 0 Å². The van der Waals surface area contributed by atoms with E-state index >= 15 is 0 Å². The summed E-state index contributed by atoms with van der Waals surface area (Å²) < 4.78 is 5.58. The van der Waals surface area contributed by atoms with Crippen molar-refractivity contribution < 1.29 is 4.74 Å². The van der Waals surface area contributed by atoms with Gasteiger partial charge in [-0.3, -0.25) is 0 Å². The standard InChI is InChI=1S/C16H23BrO/c1-12(2)9-15(17)10-14-5-7-16(8-6-14)18-11-13(3)4/h5-8,12,15H,3,9-11H2,1-2,4H3. The zero-order chi connectivity index (χ0) is 13.5. The fraction of sp³-hybridized carbons (Fsp3) is 0.500. The Morgan fingerprint density at radius 1 is 1.28 bits per heavy atom. The van der Waals surface area contributed by atoms with E-state index in [9.17, 15) is 0 Å². The molecule has 1 atom stereocenters. The Labute approximate surface area is 119 Å². The first kappa shape index (κ1) is 15.3. The third-order valence-corrected chi connectivity index (χ3v) is 3.29. The van der Waals surface area contributed by atoms with Crippen molar-refractivity contribution in [2.24, 2.45) is 5.92 Å². The van der Waals surface area contributed by atoms with E-state index in [0.29, 0.717) is 11.4 Å². The van der Waals surface area contributed by atoms with Crippen molar-refractivity contribution in [1.82, 2.24) is 0 Å². The fourth-order valence-electron chi connectivity index (χ4n) is 1.78. The smallest absolute Gasteiger partial charge is 0.119 e. The minimum atomic E-state index is 0.555. The molecule has 1 aromatic carbocycles. The van der Waals surface area contributed by atoms with Crippen molar-refractivity contribution in [3.05, 3.63) is 42.0 Å². The Bertz CT molecular complexity index is 367. The number of benzene rings is 1. The van der Waals surface area contributed by atoms with Crippen LogP contribution in [0.2, 0.25) is 0 Å². The molecule has 0 N–H and O–H groups in total. The van der Waals surface area contributed by atoms with Gasteiger partial charge in [0.15, 0.2) is 0 Å². The first-order valence-electron chi connectivity index (χ1n) is 6.47. The summed E-state index contributed by atoms with van der Waals surface area (Å²) >= 11 is 3.74. The molecule has 0 spiro atoms. The van der Waals surface area contributed by atoms with E-state index in [1.54, 1.807) is 0 Å². The molecule has 0 aliphatic heterocycles. The molecule has 2 heteroatoms. The van der Waals surface area contributed by atoms with Crippen LogP contribution in [0.4, 0.5) is 0 Å². The SMILES string of the molecule is C=C(C)COc1ccc(CC(Br)CC(C)C)cc1. The van der Waals surface area contributed by atoms with E-state index in [4.69, 9.17) is 4.74 Å². The zero-order valence-electron chi connectivity index (χ0n) is 11.6. The largest absolute Gasteiger partial charge is 0.489 e. The Kier molecular flexibility index (Phi) is 6.48. The number of alkyl halides is 1. The minimum absolute atomic E-state index is 0.555. The average molecular weight is 311 g/mol. The lowest BCUT2D eigenvalue weighted by molar-refractivity contribution is 0.352. The molecule has 0 amide bonds. The number of hydrogen-bond donors (Lipinski definition) is 0. The van der Waals surface area contributed by atoms with Gasteiger partial charge in [0.1, 0.15) is 12.4 Å². The van der Waals surface area contributed by atoms with E-state index in [2.05, 4.69) is 48.5 Å². The van der Waals surface area contributed by atoms with Crippen LogP contribution in [0.25, 0.3) is 0 Å². The highest BCUT2D eigenvalue weighted by atomic mass is 79.9. The first-order chi connectivity index (χ1) is 8.47. The summed E-state index contributed by atoms with van der Waals surface area (Å²) in [6.45, 7) is 10.9. The predicted octanol–water partition coefficient (Wildman–Crippen LogP) is 4.99. The molecule has 0 aliphatic carbocycles. The van der Waals surface area contributed by atoms with Crippen molar-refractivity contribution in [3.63, 3.8) is 0 Å². The highest BCUT2D eigenvalue weighted by Crippen LogP contribution is 2.20. The Balaban J connectivity index is 2.47. The topological polar surface area (TPSA) is 9.23 Å². The molecule has 0 bridgehead atoms. The van der Waals surface area contributed by atoms with Crippen LogP contribution < -0.4 is 4.74 Å². The zero-order valence-corrected chi connectivity index (χ0v) is 13.2. The highest BCUT2D eigenvalue weighted by molar-refractivity contribution is 9.09. The van der Waals surface area contributed by atoms with Gasteiger partial charge in [0, 0.05) is 4.83 Å². The van der Waals surface area contributed by atoms with Crippen molar-refractivity contribution in [2.45, 2.75) is 38.4 Å². The first-order valence-corrected chi connectivity index (χ1v) is 7.39. The summed E-state index contributed by atoms with van der Waals surface area (Å²) in [4.78, 5) is 0.555. The van der Waals surface area contributed by atoms with Crippen LogP contribution in [0.3, 0.4) is 0 Å². The van der Waals surface area contributed by atoms with E-state index < -0.39 is 0 Å². The molecule has 0 fully saturated rings. The van der Waals surface area contributed by atoms with Crippen molar-refractivity contribution in [1.29, 1.82) is 0 Å². The van der Waals surface area contributed by atoms with Crippen LogP contribution in [0.15, 0.2) is 36.4 Å². The molecule has 18 heavy (non-hydrogen) atoms. The highest BCUT2D eigenvalue weighted by Gasteiger charge is 2.08. The molecular formula is C16H23BrO. The van der Waals surface area contributed by atoms with Gasteiger partial charge in [-0.15, -0.1) is 0 Å². The van der Waals surface area contributed by atoms with Gasteiger partial charge in [-0.25, -0.2) is 0 Å². The molecule has 1 nitrogen and oxygen atoms in total. The molecule has 1 unspecified atom stereocenters.